The first-order chi connectivity index (χ1) is 9.53. The van der Waals surface area contributed by atoms with E-state index in [4.69, 9.17) is 17.3 Å². The number of rotatable bonds is 5. The number of anilines is 1. The Kier molecular flexibility index (Phi) is 4.62. The van der Waals surface area contributed by atoms with Gasteiger partial charge in [-0.05, 0) is 24.6 Å². The zero-order valence-electron chi connectivity index (χ0n) is 11.5. The van der Waals surface area contributed by atoms with Gasteiger partial charge < -0.3 is 11.1 Å². The van der Waals surface area contributed by atoms with E-state index in [1.165, 1.54) is 12.1 Å². The van der Waals surface area contributed by atoms with Crippen molar-refractivity contribution in [1.82, 2.24) is 9.78 Å². The summed E-state index contributed by atoms with van der Waals surface area (Å²) in [5, 5.41) is 7.96. The number of halogens is 2. The Morgan fingerprint density at radius 3 is 2.80 bits per heavy atom. The highest BCUT2D eigenvalue weighted by Gasteiger charge is 2.16. The second-order valence-corrected chi connectivity index (χ2v) is 5.09. The quantitative estimate of drug-likeness (QED) is 0.892. The molecular formula is C14H18ClFN4. The summed E-state index contributed by atoms with van der Waals surface area (Å²) in [6.07, 6.45) is 2.75. The average Bonchev–Trinajstić information content (AvgIpc) is 2.76. The molecule has 1 unspecified atom stereocenters. The Morgan fingerprint density at radius 1 is 1.45 bits per heavy atom. The van der Waals surface area contributed by atoms with Crippen LogP contribution in [0.1, 0.15) is 24.2 Å². The molecule has 6 heteroatoms. The summed E-state index contributed by atoms with van der Waals surface area (Å²) in [4.78, 5) is 0. The van der Waals surface area contributed by atoms with Gasteiger partial charge in [-0.25, -0.2) is 4.39 Å². The molecule has 1 heterocycles. The van der Waals surface area contributed by atoms with Crippen molar-refractivity contribution in [2.45, 2.75) is 19.4 Å². The molecule has 0 amide bonds. The predicted octanol–water partition coefficient (Wildman–Crippen LogP) is 2.89. The van der Waals surface area contributed by atoms with Gasteiger partial charge in [0, 0.05) is 36.1 Å². The highest BCUT2D eigenvalue weighted by molar-refractivity contribution is 6.30. The summed E-state index contributed by atoms with van der Waals surface area (Å²) in [5.41, 5.74) is 8.45. The number of hydrogen-bond donors (Lipinski definition) is 2. The number of aromatic nitrogens is 2. The highest BCUT2D eigenvalue weighted by atomic mass is 35.5. The molecule has 1 atom stereocenters. The molecule has 0 bridgehead atoms. The van der Waals surface area contributed by atoms with E-state index in [9.17, 15) is 4.39 Å². The van der Waals surface area contributed by atoms with Crippen LogP contribution in [0, 0.1) is 5.82 Å². The molecule has 2 rings (SSSR count). The topological polar surface area (TPSA) is 55.9 Å². The van der Waals surface area contributed by atoms with Crippen molar-refractivity contribution >= 4 is 17.3 Å². The van der Waals surface area contributed by atoms with Crippen molar-refractivity contribution in [2.24, 2.45) is 12.8 Å². The Bertz CT molecular complexity index is 577. The van der Waals surface area contributed by atoms with Crippen LogP contribution in [0.15, 0.2) is 24.4 Å². The first-order valence-corrected chi connectivity index (χ1v) is 6.86. The lowest BCUT2D eigenvalue weighted by Crippen LogP contribution is -2.21. The van der Waals surface area contributed by atoms with E-state index in [0.717, 1.165) is 17.7 Å². The maximum absolute atomic E-state index is 13.4. The second kappa shape index (κ2) is 6.24. The number of benzene rings is 1. The normalized spacial score (nSPS) is 12.4. The summed E-state index contributed by atoms with van der Waals surface area (Å²) in [6, 6.07) is 4.22. The fourth-order valence-electron chi connectivity index (χ4n) is 2.22. The van der Waals surface area contributed by atoms with Gasteiger partial charge in [0.2, 0.25) is 0 Å². The molecule has 3 N–H and O–H groups in total. The number of aryl methyl sites for hydroxylation is 2. The molecule has 4 nitrogen and oxygen atoms in total. The molecule has 1 aromatic heterocycles. The molecule has 0 saturated heterocycles. The zero-order chi connectivity index (χ0) is 14.7. The van der Waals surface area contributed by atoms with E-state index in [2.05, 4.69) is 10.4 Å². The molecule has 20 heavy (non-hydrogen) atoms. The van der Waals surface area contributed by atoms with Crippen LogP contribution in [0.5, 0.6) is 0 Å². The molecule has 0 aliphatic carbocycles. The summed E-state index contributed by atoms with van der Waals surface area (Å²) in [6.45, 7) is 2.42. The van der Waals surface area contributed by atoms with E-state index in [-0.39, 0.29) is 11.9 Å². The van der Waals surface area contributed by atoms with Gasteiger partial charge in [-0.3, -0.25) is 4.68 Å². The summed E-state index contributed by atoms with van der Waals surface area (Å²) >= 11 is 5.86. The third-order valence-electron chi connectivity index (χ3n) is 3.09. The minimum absolute atomic E-state index is 0.128. The first kappa shape index (κ1) is 14.8. The molecule has 1 aromatic carbocycles. The van der Waals surface area contributed by atoms with Crippen molar-refractivity contribution in [2.75, 3.05) is 11.9 Å². The average molecular weight is 297 g/mol. The van der Waals surface area contributed by atoms with Crippen LogP contribution in [-0.2, 0) is 13.5 Å². The van der Waals surface area contributed by atoms with Crippen molar-refractivity contribution < 1.29 is 4.39 Å². The fraction of sp³-hybridized carbons (Fsp3) is 0.357. The number of nitrogens with two attached hydrogens (primary N) is 1. The number of hydrogen-bond acceptors (Lipinski definition) is 3. The monoisotopic (exact) mass is 296 g/mol. The molecule has 0 aliphatic heterocycles. The Hall–Kier alpha value is -1.59. The molecule has 0 saturated carbocycles. The fourth-order valence-corrected chi connectivity index (χ4v) is 2.44. The van der Waals surface area contributed by atoms with Gasteiger partial charge in [-0.1, -0.05) is 18.5 Å². The maximum Gasteiger partial charge on any atom is 0.126 e. The Morgan fingerprint density at radius 2 is 2.20 bits per heavy atom. The summed E-state index contributed by atoms with van der Waals surface area (Å²) in [5.74, 6) is -0.377. The lowest BCUT2D eigenvalue weighted by Gasteiger charge is -2.18. The van der Waals surface area contributed by atoms with Crippen molar-refractivity contribution in [1.29, 1.82) is 0 Å². The summed E-state index contributed by atoms with van der Waals surface area (Å²) in [7, 11) is 1.87. The predicted molar refractivity (Wildman–Crippen MR) is 79.4 cm³/mol. The third kappa shape index (κ3) is 3.29. The first-order valence-electron chi connectivity index (χ1n) is 6.48. The molecule has 0 radical (unpaired) electrons. The van der Waals surface area contributed by atoms with Gasteiger partial charge in [0.25, 0.3) is 0 Å². The standard InChI is InChI=1S/C14H18ClFN4/c1-3-13-12(8-20(2)19-13)14(7-17)18-11-5-9(15)4-10(16)6-11/h4-6,8,14,18H,3,7,17H2,1-2H3. The number of nitrogens with one attached hydrogen (secondary N) is 1. The van der Waals surface area contributed by atoms with Crippen LogP contribution in [0.2, 0.25) is 5.02 Å². The van der Waals surface area contributed by atoms with Gasteiger partial charge in [-0.15, -0.1) is 0 Å². The molecular weight excluding hydrogens is 279 g/mol. The molecule has 0 spiro atoms. The maximum atomic E-state index is 13.4. The number of nitrogens with zero attached hydrogens (tertiary/aromatic N) is 2. The van der Waals surface area contributed by atoms with Crippen LogP contribution >= 0.6 is 11.6 Å². The van der Waals surface area contributed by atoms with E-state index in [1.807, 2.05) is 20.2 Å². The Labute approximate surface area is 122 Å². The smallest absolute Gasteiger partial charge is 0.126 e. The van der Waals surface area contributed by atoms with Crippen LogP contribution in [0.25, 0.3) is 0 Å². The van der Waals surface area contributed by atoms with Gasteiger partial charge in [-0.2, -0.15) is 5.10 Å². The van der Waals surface area contributed by atoms with Crippen molar-refractivity contribution in [3.05, 3.63) is 46.5 Å². The van der Waals surface area contributed by atoms with Crippen molar-refractivity contribution in [3.8, 4) is 0 Å². The van der Waals surface area contributed by atoms with Crippen LogP contribution in [0.4, 0.5) is 10.1 Å². The Balaban J connectivity index is 2.28. The van der Waals surface area contributed by atoms with Gasteiger partial charge in [0.1, 0.15) is 5.82 Å². The SMILES string of the molecule is CCc1nn(C)cc1C(CN)Nc1cc(F)cc(Cl)c1. The highest BCUT2D eigenvalue weighted by Crippen LogP contribution is 2.24. The van der Waals surface area contributed by atoms with Gasteiger partial charge in [0.05, 0.1) is 11.7 Å². The van der Waals surface area contributed by atoms with Gasteiger partial charge in [0.15, 0.2) is 0 Å². The van der Waals surface area contributed by atoms with Crippen LogP contribution in [0.3, 0.4) is 0 Å². The van der Waals surface area contributed by atoms with E-state index < -0.39 is 0 Å². The second-order valence-electron chi connectivity index (χ2n) is 4.65. The lowest BCUT2D eigenvalue weighted by atomic mass is 10.1. The molecule has 2 aromatic rings. The van der Waals surface area contributed by atoms with Crippen LogP contribution in [-0.4, -0.2) is 16.3 Å². The van der Waals surface area contributed by atoms with E-state index in [0.29, 0.717) is 17.3 Å². The molecule has 0 fully saturated rings. The third-order valence-corrected chi connectivity index (χ3v) is 3.31. The largest absolute Gasteiger partial charge is 0.377 e. The summed E-state index contributed by atoms with van der Waals surface area (Å²) < 4.78 is 15.1. The van der Waals surface area contributed by atoms with Crippen molar-refractivity contribution in [3.63, 3.8) is 0 Å². The van der Waals surface area contributed by atoms with Gasteiger partial charge >= 0.3 is 0 Å². The molecule has 0 aliphatic rings. The van der Waals surface area contributed by atoms with Crippen LogP contribution < -0.4 is 11.1 Å². The zero-order valence-corrected chi connectivity index (χ0v) is 12.3. The van der Waals surface area contributed by atoms with E-state index >= 15 is 0 Å². The minimum Gasteiger partial charge on any atom is -0.377 e. The van der Waals surface area contributed by atoms with E-state index in [1.54, 1.807) is 10.7 Å². The minimum atomic E-state index is -0.377. The molecule has 108 valence electrons. The lowest BCUT2D eigenvalue weighted by molar-refractivity contribution is 0.627.